The number of rotatable bonds is 5. The van der Waals surface area contributed by atoms with E-state index in [1.54, 1.807) is 14.2 Å². The Morgan fingerprint density at radius 2 is 1.90 bits per heavy atom. The van der Waals surface area contributed by atoms with Crippen molar-refractivity contribution in [3.05, 3.63) is 51.0 Å². The average molecular weight is 371 g/mol. The van der Waals surface area contributed by atoms with Gasteiger partial charge in [-0.25, -0.2) is 0 Å². The van der Waals surface area contributed by atoms with E-state index in [-0.39, 0.29) is 0 Å². The molecule has 0 amide bonds. The maximum atomic E-state index is 6.37. The van der Waals surface area contributed by atoms with Crippen LogP contribution in [0.1, 0.15) is 11.1 Å². The molecule has 0 saturated carbocycles. The largest absolute Gasteiger partial charge is 0.493 e. The molecule has 0 aliphatic heterocycles. The first-order valence-corrected chi connectivity index (χ1v) is 7.64. The predicted octanol–water partition coefficient (Wildman–Crippen LogP) is 5.04. The number of hydrogen-bond acceptors (Lipinski definition) is 3. The normalized spacial score (nSPS) is 10.3. The van der Waals surface area contributed by atoms with Gasteiger partial charge < -0.3 is 14.8 Å². The molecule has 0 heterocycles. The summed E-state index contributed by atoms with van der Waals surface area (Å²) in [6.45, 7) is 2.65. The number of benzene rings is 2. The van der Waals surface area contributed by atoms with Crippen molar-refractivity contribution in [3.63, 3.8) is 0 Å². The number of anilines is 1. The Kier molecular flexibility index (Phi) is 5.37. The quantitative estimate of drug-likeness (QED) is 0.800. The van der Waals surface area contributed by atoms with Gasteiger partial charge >= 0.3 is 0 Å². The predicted molar refractivity (Wildman–Crippen MR) is 90.8 cm³/mol. The molecule has 2 aromatic rings. The molecule has 0 aromatic heterocycles. The first-order valence-electron chi connectivity index (χ1n) is 6.46. The summed E-state index contributed by atoms with van der Waals surface area (Å²) >= 11 is 9.96. The molecule has 2 aromatic carbocycles. The number of aryl methyl sites for hydroxylation is 1. The summed E-state index contributed by atoms with van der Waals surface area (Å²) < 4.78 is 11.6. The van der Waals surface area contributed by atoms with Crippen LogP contribution in [0.3, 0.4) is 0 Å². The van der Waals surface area contributed by atoms with E-state index in [2.05, 4.69) is 34.2 Å². The zero-order valence-corrected chi connectivity index (χ0v) is 14.5. The van der Waals surface area contributed by atoms with Gasteiger partial charge in [0, 0.05) is 16.7 Å². The molecule has 5 heteroatoms. The fourth-order valence-electron chi connectivity index (χ4n) is 2.04. The van der Waals surface area contributed by atoms with Gasteiger partial charge in [-0.15, -0.1) is 0 Å². The lowest BCUT2D eigenvalue weighted by atomic mass is 10.1. The molecule has 0 spiro atoms. The van der Waals surface area contributed by atoms with Gasteiger partial charge in [0.1, 0.15) is 0 Å². The third-order valence-corrected chi connectivity index (χ3v) is 4.69. The van der Waals surface area contributed by atoms with Gasteiger partial charge in [0.05, 0.1) is 19.2 Å². The summed E-state index contributed by atoms with van der Waals surface area (Å²) in [6, 6.07) is 9.87. The monoisotopic (exact) mass is 369 g/mol. The minimum atomic E-state index is 0.557. The first kappa shape index (κ1) is 16.0. The van der Waals surface area contributed by atoms with E-state index in [4.69, 9.17) is 21.1 Å². The van der Waals surface area contributed by atoms with E-state index in [9.17, 15) is 0 Å². The van der Waals surface area contributed by atoms with E-state index in [1.807, 2.05) is 24.3 Å². The highest BCUT2D eigenvalue weighted by atomic mass is 79.9. The standard InChI is InChI=1S/C16H17BrClNO2/c1-10-5-4-6-12(14(10)17)19-9-11-7-8-13(20-2)16(21-3)15(11)18/h4-8,19H,9H2,1-3H3. The lowest BCUT2D eigenvalue weighted by molar-refractivity contribution is 0.355. The van der Waals surface area contributed by atoms with Crippen molar-refractivity contribution in [1.29, 1.82) is 0 Å². The van der Waals surface area contributed by atoms with Crippen LogP contribution >= 0.6 is 27.5 Å². The van der Waals surface area contributed by atoms with Crippen molar-refractivity contribution in [3.8, 4) is 11.5 Å². The Balaban J connectivity index is 2.22. The second-order valence-corrected chi connectivity index (χ2v) is 5.74. The molecule has 0 bridgehead atoms. The van der Waals surface area contributed by atoms with Crippen molar-refractivity contribution >= 4 is 33.2 Å². The van der Waals surface area contributed by atoms with Crippen LogP contribution in [0.5, 0.6) is 11.5 Å². The van der Waals surface area contributed by atoms with Crippen LogP contribution in [0.15, 0.2) is 34.8 Å². The van der Waals surface area contributed by atoms with Gasteiger partial charge in [-0.2, -0.15) is 0 Å². The topological polar surface area (TPSA) is 30.5 Å². The number of hydrogen-bond donors (Lipinski definition) is 1. The van der Waals surface area contributed by atoms with Crippen molar-refractivity contribution in [2.45, 2.75) is 13.5 Å². The van der Waals surface area contributed by atoms with Crippen molar-refractivity contribution in [1.82, 2.24) is 0 Å². The molecule has 1 N–H and O–H groups in total. The van der Waals surface area contributed by atoms with Crippen molar-refractivity contribution in [2.24, 2.45) is 0 Å². The average Bonchev–Trinajstić information content (AvgIpc) is 2.49. The zero-order valence-electron chi connectivity index (χ0n) is 12.2. The van der Waals surface area contributed by atoms with E-state index in [0.717, 1.165) is 15.7 Å². The summed E-state index contributed by atoms with van der Waals surface area (Å²) in [5, 5.41) is 3.94. The van der Waals surface area contributed by atoms with E-state index in [0.29, 0.717) is 23.1 Å². The Hall–Kier alpha value is -1.39. The van der Waals surface area contributed by atoms with E-state index >= 15 is 0 Å². The van der Waals surface area contributed by atoms with E-state index in [1.165, 1.54) is 5.56 Å². The molecule has 112 valence electrons. The Labute approximate surface area is 138 Å². The maximum Gasteiger partial charge on any atom is 0.179 e. The molecule has 0 fully saturated rings. The van der Waals surface area contributed by atoms with Crippen molar-refractivity contribution in [2.75, 3.05) is 19.5 Å². The summed E-state index contributed by atoms with van der Waals surface area (Å²) in [4.78, 5) is 0. The molecule has 3 nitrogen and oxygen atoms in total. The van der Waals surface area contributed by atoms with Gasteiger partial charge in [0.15, 0.2) is 11.5 Å². The molecule has 21 heavy (non-hydrogen) atoms. The second kappa shape index (κ2) is 7.05. The van der Waals surface area contributed by atoms with Crippen LogP contribution in [-0.4, -0.2) is 14.2 Å². The first-order chi connectivity index (χ1) is 10.1. The van der Waals surface area contributed by atoms with Crippen LogP contribution < -0.4 is 14.8 Å². The SMILES string of the molecule is COc1ccc(CNc2cccc(C)c2Br)c(Cl)c1OC. The lowest BCUT2D eigenvalue weighted by Gasteiger charge is -2.15. The van der Waals surface area contributed by atoms with Crippen molar-refractivity contribution < 1.29 is 9.47 Å². The molecule has 0 aliphatic carbocycles. The third kappa shape index (κ3) is 3.44. The van der Waals surface area contributed by atoms with Gasteiger partial charge in [-0.1, -0.05) is 29.8 Å². The molecule has 0 atom stereocenters. The highest BCUT2D eigenvalue weighted by Crippen LogP contribution is 2.37. The van der Waals surface area contributed by atoms with Crippen LogP contribution in [0.4, 0.5) is 5.69 Å². The fourth-order valence-corrected chi connectivity index (χ4v) is 2.75. The Bertz CT molecular complexity index is 646. The van der Waals surface area contributed by atoms with Gasteiger partial charge in [-0.05, 0) is 46.1 Å². The smallest absolute Gasteiger partial charge is 0.179 e. The summed E-state index contributed by atoms with van der Waals surface area (Å²) in [5.74, 6) is 1.18. The fraction of sp³-hybridized carbons (Fsp3) is 0.250. The number of ether oxygens (including phenoxy) is 2. The summed E-state index contributed by atoms with van der Waals surface area (Å²) in [7, 11) is 3.17. The number of methoxy groups -OCH3 is 2. The van der Waals surface area contributed by atoms with Crippen LogP contribution in [0.25, 0.3) is 0 Å². The molecular formula is C16H17BrClNO2. The van der Waals surface area contributed by atoms with Crippen LogP contribution in [0, 0.1) is 6.92 Å². The Morgan fingerprint density at radius 1 is 1.14 bits per heavy atom. The lowest BCUT2D eigenvalue weighted by Crippen LogP contribution is -2.03. The number of halogens is 2. The second-order valence-electron chi connectivity index (χ2n) is 4.56. The molecular weight excluding hydrogens is 354 g/mol. The summed E-state index contributed by atoms with van der Waals surface area (Å²) in [5.41, 5.74) is 3.15. The third-order valence-electron chi connectivity index (χ3n) is 3.23. The van der Waals surface area contributed by atoms with Gasteiger partial charge in [0.2, 0.25) is 0 Å². The minimum Gasteiger partial charge on any atom is -0.493 e. The molecule has 0 saturated heterocycles. The highest BCUT2D eigenvalue weighted by Gasteiger charge is 2.13. The molecule has 0 aliphatic rings. The number of nitrogens with one attached hydrogen (secondary N) is 1. The van der Waals surface area contributed by atoms with Crippen LogP contribution in [-0.2, 0) is 6.54 Å². The molecule has 2 rings (SSSR count). The molecule has 0 unspecified atom stereocenters. The highest BCUT2D eigenvalue weighted by molar-refractivity contribution is 9.10. The maximum absolute atomic E-state index is 6.37. The van der Waals surface area contributed by atoms with E-state index < -0.39 is 0 Å². The Morgan fingerprint density at radius 3 is 2.57 bits per heavy atom. The molecule has 0 radical (unpaired) electrons. The zero-order chi connectivity index (χ0) is 15.4. The van der Waals surface area contributed by atoms with Gasteiger partial charge in [-0.3, -0.25) is 0 Å². The van der Waals surface area contributed by atoms with Crippen LogP contribution in [0.2, 0.25) is 5.02 Å². The van der Waals surface area contributed by atoms with Gasteiger partial charge in [0.25, 0.3) is 0 Å². The minimum absolute atomic E-state index is 0.557. The summed E-state index contributed by atoms with van der Waals surface area (Å²) in [6.07, 6.45) is 0.